The fraction of sp³-hybridized carbons (Fsp3) is 0.909. The maximum Gasteiger partial charge on any atom is 0.224 e. The SMILES string of the molecule is CC.CCC1CCN(C(=O)CCO)C1. The predicted molar refractivity (Wildman–Crippen MR) is 58.0 cm³/mol. The van der Waals surface area contributed by atoms with E-state index in [1.165, 1.54) is 0 Å². The highest BCUT2D eigenvalue weighted by Crippen LogP contribution is 2.19. The molecule has 0 aromatic rings. The van der Waals surface area contributed by atoms with Crippen molar-refractivity contribution in [3.8, 4) is 0 Å². The van der Waals surface area contributed by atoms with Crippen LogP contribution in [0.15, 0.2) is 0 Å². The van der Waals surface area contributed by atoms with Crippen molar-refractivity contribution in [2.75, 3.05) is 19.7 Å². The van der Waals surface area contributed by atoms with E-state index in [1.54, 1.807) is 0 Å². The molecule has 1 heterocycles. The van der Waals surface area contributed by atoms with Crippen molar-refractivity contribution in [1.82, 2.24) is 4.90 Å². The topological polar surface area (TPSA) is 40.5 Å². The minimum absolute atomic E-state index is 0.0217. The van der Waals surface area contributed by atoms with Crippen LogP contribution < -0.4 is 0 Å². The molecule has 1 fully saturated rings. The van der Waals surface area contributed by atoms with Crippen molar-refractivity contribution < 1.29 is 9.90 Å². The average molecular weight is 201 g/mol. The number of carbonyl (C=O) groups excluding carboxylic acids is 1. The van der Waals surface area contributed by atoms with E-state index in [-0.39, 0.29) is 18.9 Å². The van der Waals surface area contributed by atoms with E-state index in [0.717, 1.165) is 25.9 Å². The second-order valence-corrected chi connectivity index (χ2v) is 3.38. The minimum atomic E-state index is -0.0217. The average Bonchev–Trinajstić information content (AvgIpc) is 2.69. The van der Waals surface area contributed by atoms with Gasteiger partial charge in [-0.25, -0.2) is 0 Å². The Morgan fingerprint density at radius 1 is 1.50 bits per heavy atom. The molecule has 1 aliphatic rings. The van der Waals surface area contributed by atoms with Gasteiger partial charge in [0.15, 0.2) is 0 Å². The third kappa shape index (κ3) is 4.09. The lowest BCUT2D eigenvalue weighted by Gasteiger charge is -2.15. The monoisotopic (exact) mass is 201 g/mol. The number of aliphatic hydroxyl groups is 1. The molecule has 1 unspecified atom stereocenters. The maximum absolute atomic E-state index is 11.3. The number of rotatable bonds is 3. The number of nitrogens with zero attached hydrogens (tertiary/aromatic N) is 1. The van der Waals surface area contributed by atoms with Gasteiger partial charge in [0.25, 0.3) is 0 Å². The highest BCUT2D eigenvalue weighted by molar-refractivity contribution is 5.76. The Morgan fingerprint density at radius 2 is 2.14 bits per heavy atom. The fourth-order valence-electron chi connectivity index (χ4n) is 1.65. The summed E-state index contributed by atoms with van der Waals surface area (Å²) in [6, 6.07) is 0. The minimum Gasteiger partial charge on any atom is -0.396 e. The van der Waals surface area contributed by atoms with Crippen molar-refractivity contribution in [3.63, 3.8) is 0 Å². The molecular weight excluding hydrogens is 178 g/mol. The quantitative estimate of drug-likeness (QED) is 0.754. The van der Waals surface area contributed by atoms with Gasteiger partial charge < -0.3 is 10.0 Å². The summed E-state index contributed by atoms with van der Waals surface area (Å²) in [4.78, 5) is 13.1. The number of aliphatic hydroxyl groups excluding tert-OH is 1. The number of likely N-dealkylation sites (tertiary alicyclic amines) is 1. The smallest absolute Gasteiger partial charge is 0.224 e. The van der Waals surface area contributed by atoms with Gasteiger partial charge in [0.2, 0.25) is 5.91 Å². The van der Waals surface area contributed by atoms with Crippen LogP contribution in [0.4, 0.5) is 0 Å². The summed E-state index contributed by atoms with van der Waals surface area (Å²) in [6.07, 6.45) is 2.58. The predicted octanol–water partition coefficient (Wildman–Crippen LogP) is 1.65. The van der Waals surface area contributed by atoms with Gasteiger partial charge >= 0.3 is 0 Å². The summed E-state index contributed by atoms with van der Waals surface area (Å²) in [5.74, 6) is 0.793. The summed E-state index contributed by atoms with van der Waals surface area (Å²) in [6.45, 7) is 7.92. The van der Waals surface area contributed by atoms with Crippen LogP contribution in [0.25, 0.3) is 0 Å². The first-order chi connectivity index (χ1) is 6.77. The van der Waals surface area contributed by atoms with E-state index in [1.807, 2.05) is 18.7 Å². The largest absolute Gasteiger partial charge is 0.396 e. The molecule has 1 N–H and O–H groups in total. The molecule has 0 spiro atoms. The van der Waals surface area contributed by atoms with Crippen LogP contribution in [0.1, 0.15) is 40.0 Å². The van der Waals surface area contributed by atoms with Crippen LogP contribution in [0.2, 0.25) is 0 Å². The van der Waals surface area contributed by atoms with Crippen molar-refractivity contribution >= 4 is 5.91 Å². The van der Waals surface area contributed by atoms with Gasteiger partial charge in [-0.2, -0.15) is 0 Å². The molecule has 14 heavy (non-hydrogen) atoms. The molecule has 0 radical (unpaired) electrons. The Labute approximate surface area is 87.1 Å². The van der Waals surface area contributed by atoms with Gasteiger partial charge in [0, 0.05) is 19.5 Å². The summed E-state index contributed by atoms with van der Waals surface area (Å²) in [5.41, 5.74) is 0. The maximum atomic E-state index is 11.3. The Morgan fingerprint density at radius 3 is 2.57 bits per heavy atom. The van der Waals surface area contributed by atoms with Crippen molar-refractivity contribution in [3.05, 3.63) is 0 Å². The normalized spacial score (nSPS) is 20.3. The zero-order valence-electron chi connectivity index (χ0n) is 9.62. The first kappa shape index (κ1) is 13.4. The fourth-order valence-corrected chi connectivity index (χ4v) is 1.65. The van der Waals surface area contributed by atoms with Crippen LogP contribution in [-0.4, -0.2) is 35.6 Å². The Kier molecular flexibility index (Phi) is 7.48. The van der Waals surface area contributed by atoms with Crippen molar-refractivity contribution in [2.24, 2.45) is 5.92 Å². The lowest BCUT2D eigenvalue weighted by molar-refractivity contribution is -0.130. The van der Waals surface area contributed by atoms with Crippen molar-refractivity contribution in [2.45, 2.75) is 40.0 Å². The van der Waals surface area contributed by atoms with Crippen LogP contribution in [-0.2, 0) is 4.79 Å². The first-order valence-corrected chi connectivity index (χ1v) is 5.66. The van der Waals surface area contributed by atoms with Gasteiger partial charge in [-0.3, -0.25) is 4.79 Å². The second kappa shape index (κ2) is 7.80. The number of hydrogen-bond acceptors (Lipinski definition) is 2. The molecule has 1 saturated heterocycles. The van der Waals surface area contributed by atoms with E-state index in [4.69, 9.17) is 5.11 Å². The second-order valence-electron chi connectivity index (χ2n) is 3.38. The highest BCUT2D eigenvalue weighted by Gasteiger charge is 2.23. The third-order valence-electron chi connectivity index (χ3n) is 2.54. The van der Waals surface area contributed by atoms with Crippen LogP contribution in [0.5, 0.6) is 0 Å². The van der Waals surface area contributed by atoms with Crippen LogP contribution >= 0.6 is 0 Å². The molecule has 0 bridgehead atoms. The van der Waals surface area contributed by atoms with Gasteiger partial charge in [-0.05, 0) is 12.3 Å². The molecule has 0 aromatic carbocycles. The Balaban J connectivity index is 0.000000791. The van der Waals surface area contributed by atoms with Crippen LogP contribution in [0, 0.1) is 5.92 Å². The molecule has 1 rings (SSSR count). The number of hydrogen-bond donors (Lipinski definition) is 1. The van der Waals surface area contributed by atoms with E-state index in [9.17, 15) is 4.79 Å². The molecule has 0 saturated carbocycles. The molecular formula is C11H23NO2. The molecule has 0 aromatic heterocycles. The number of carbonyl (C=O) groups is 1. The van der Waals surface area contributed by atoms with Gasteiger partial charge in [-0.15, -0.1) is 0 Å². The van der Waals surface area contributed by atoms with Crippen molar-refractivity contribution in [1.29, 1.82) is 0 Å². The number of amides is 1. The Bertz CT molecular complexity index is 159. The summed E-state index contributed by atoms with van der Waals surface area (Å²) < 4.78 is 0. The van der Waals surface area contributed by atoms with Crippen LogP contribution in [0.3, 0.4) is 0 Å². The molecule has 1 amide bonds. The van der Waals surface area contributed by atoms with E-state index < -0.39 is 0 Å². The molecule has 1 aliphatic heterocycles. The molecule has 0 aliphatic carbocycles. The summed E-state index contributed by atoms with van der Waals surface area (Å²) >= 11 is 0. The summed E-state index contributed by atoms with van der Waals surface area (Å²) in [7, 11) is 0. The highest BCUT2D eigenvalue weighted by atomic mass is 16.3. The first-order valence-electron chi connectivity index (χ1n) is 5.66. The Hall–Kier alpha value is -0.570. The molecule has 3 heteroatoms. The zero-order valence-corrected chi connectivity index (χ0v) is 9.62. The van der Waals surface area contributed by atoms with E-state index in [2.05, 4.69) is 6.92 Å². The zero-order chi connectivity index (χ0) is 11.0. The molecule has 1 atom stereocenters. The van der Waals surface area contributed by atoms with E-state index in [0.29, 0.717) is 5.92 Å². The third-order valence-corrected chi connectivity index (χ3v) is 2.54. The summed E-state index contributed by atoms with van der Waals surface area (Å²) in [5, 5.41) is 8.57. The molecule has 3 nitrogen and oxygen atoms in total. The lowest BCUT2D eigenvalue weighted by Crippen LogP contribution is -2.29. The van der Waals surface area contributed by atoms with E-state index >= 15 is 0 Å². The van der Waals surface area contributed by atoms with Gasteiger partial charge in [0.05, 0.1) is 6.61 Å². The lowest BCUT2D eigenvalue weighted by atomic mass is 10.1. The van der Waals surface area contributed by atoms with Gasteiger partial charge in [-0.1, -0.05) is 27.2 Å². The standard InChI is InChI=1S/C9H17NO2.C2H6/c1-2-8-3-5-10(7-8)9(12)4-6-11;1-2/h8,11H,2-7H2,1H3;1-2H3. The molecule has 84 valence electrons. The van der Waals surface area contributed by atoms with Gasteiger partial charge in [0.1, 0.15) is 0 Å².